The van der Waals surface area contributed by atoms with E-state index in [1.165, 1.54) is 35.7 Å². The number of nitriles is 1. The summed E-state index contributed by atoms with van der Waals surface area (Å²) in [6.45, 7) is 10.2. The number of nitrogens with one attached hydrogen (secondary N) is 1. The number of hydrogen-bond acceptors (Lipinski definition) is 15. The molecule has 0 amide bonds. The van der Waals surface area contributed by atoms with Crippen LogP contribution in [0.4, 0.5) is 5.82 Å². The first-order valence-corrected chi connectivity index (χ1v) is 19.9. The zero-order valence-corrected chi connectivity index (χ0v) is 32.3. The van der Waals surface area contributed by atoms with Crippen molar-refractivity contribution in [2.24, 2.45) is 11.3 Å². The molecule has 0 aliphatic carbocycles. The largest absolute Gasteiger partial charge is 0.464 e. The van der Waals surface area contributed by atoms with Gasteiger partial charge in [-0.2, -0.15) is 15.4 Å². The number of esters is 2. The second kappa shape index (κ2) is 17.9. The fourth-order valence-corrected chi connectivity index (χ4v) is 7.78. The molecule has 6 atom stereocenters. The Hall–Kier alpha value is -4.04. The van der Waals surface area contributed by atoms with Gasteiger partial charge in [0.15, 0.2) is 11.9 Å². The fraction of sp³-hybridized carbons (Fsp3) is 0.543. The molecule has 1 fully saturated rings. The van der Waals surface area contributed by atoms with Gasteiger partial charge in [-0.1, -0.05) is 65.7 Å². The lowest BCUT2D eigenvalue weighted by molar-refractivity contribution is -0.153. The third kappa shape index (κ3) is 10.1. The van der Waals surface area contributed by atoms with Gasteiger partial charge in [0.25, 0.3) is 0 Å². The van der Waals surface area contributed by atoms with Crippen molar-refractivity contribution in [3.63, 3.8) is 0 Å². The SMILES string of the molecule is CCC(CC)COC(=O)[C@H](C)N[P@](=O)(OC[C@H]1O[C@@](C#N)(c2ccc3c(N)ncnn23)[C@H](O)[C@@H]1OC(=O)CSCC(=O)C(C)(C)C)Oc1ccccc1. The molecule has 1 aromatic carbocycles. The number of rotatable bonds is 18. The molecular formula is C35H47N6O10PS. The minimum absolute atomic E-state index is 0.0398. The maximum absolute atomic E-state index is 14.3. The van der Waals surface area contributed by atoms with Gasteiger partial charge in [-0.3, -0.25) is 18.9 Å². The van der Waals surface area contributed by atoms with E-state index in [-0.39, 0.29) is 47.1 Å². The Kier molecular flexibility index (Phi) is 14.1. The summed E-state index contributed by atoms with van der Waals surface area (Å²) in [6.07, 6.45) is -2.04. The Morgan fingerprint density at radius 1 is 1.17 bits per heavy atom. The normalized spacial score (nSPS) is 21.8. The summed E-state index contributed by atoms with van der Waals surface area (Å²) in [5.41, 5.74) is 3.56. The summed E-state index contributed by atoms with van der Waals surface area (Å²) in [5, 5.41) is 29.1. The van der Waals surface area contributed by atoms with Gasteiger partial charge in [0, 0.05) is 5.41 Å². The fourth-order valence-electron chi connectivity index (χ4n) is 5.33. The number of aliphatic hydroxyl groups is 1. The quantitative estimate of drug-likeness (QED) is 0.121. The van der Waals surface area contributed by atoms with Gasteiger partial charge >= 0.3 is 19.7 Å². The van der Waals surface area contributed by atoms with E-state index in [2.05, 4.69) is 15.2 Å². The molecule has 4 N–H and O–H groups in total. The summed E-state index contributed by atoms with van der Waals surface area (Å²) < 4.78 is 44.6. The van der Waals surface area contributed by atoms with Crippen LogP contribution in [0.5, 0.6) is 5.75 Å². The van der Waals surface area contributed by atoms with Crippen molar-refractivity contribution in [2.75, 3.05) is 30.5 Å². The maximum Gasteiger partial charge on any atom is 0.459 e. The summed E-state index contributed by atoms with van der Waals surface area (Å²) in [4.78, 5) is 42.5. The topological polar surface area (TPSA) is 227 Å². The van der Waals surface area contributed by atoms with E-state index in [1.807, 2.05) is 19.9 Å². The molecule has 1 saturated heterocycles. The van der Waals surface area contributed by atoms with Crippen molar-refractivity contribution in [3.05, 3.63) is 54.5 Å². The number of ketones is 1. The molecule has 0 bridgehead atoms. The van der Waals surface area contributed by atoms with Crippen molar-refractivity contribution in [1.29, 1.82) is 5.26 Å². The van der Waals surface area contributed by atoms with Crippen LogP contribution in [0.15, 0.2) is 48.8 Å². The third-order valence-corrected chi connectivity index (χ3v) is 11.3. The molecule has 1 aliphatic heterocycles. The number of thioether (sulfide) groups is 1. The molecule has 0 spiro atoms. The van der Waals surface area contributed by atoms with E-state index in [0.717, 1.165) is 30.9 Å². The van der Waals surface area contributed by atoms with Crippen LogP contribution < -0.4 is 15.3 Å². The number of anilines is 1. The van der Waals surface area contributed by atoms with Crippen molar-refractivity contribution < 1.29 is 47.3 Å². The summed E-state index contributed by atoms with van der Waals surface area (Å²) in [7, 11) is -4.47. The second-order valence-electron chi connectivity index (χ2n) is 13.6. The molecule has 18 heteroatoms. The number of hydrogen-bond donors (Lipinski definition) is 3. The average molecular weight is 775 g/mol. The van der Waals surface area contributed by atoms with Gasteiger partial charge in [0.05, 0.1) is 30.4 Å². The smallest absolute Gasteiger partial charge is 0.459 e. The predicted molar refractivity (Wildman–Crippen MR) is 195 cm³/mol. The number of fused-ring (bicyclic) bond motifs is 1. The van der Waals surface area contributed by atoms with Crippen LogP contribution in [-0.2, 0) is 43.3 Å². The number of ether oxygens (including phenoxy) is 3. The molecule has 3 heterocycles. The number of aromatic nitrogens is 3. The van der Waals surface area contributed by atoms with E-state index in [0.29, 0.717) is 5.52 Å². The van der Waals surface area contributed by atoms with Crippen molar-refractivity contribution in [2.45, 2.75) is 84.3 Å². The highest BCUT2D eigenvalue weighted by Crippen LogP contribution is 2.48. The zero-order chi connectivity index (χ0) is 39.0. The van der Waals surface area contributed by atoms with Crippen LogP contribution in [0, 0.1) is 22.7 Å². The number of nitrogen functional groups attached to an aromatic ring is 1. The first-order valence-electron chi connectivity index (χ1n) is 17.2. The minimum Gasteiger partial charge on any atom is -0.464 e. The highest BCUT2D eigenvalue weighted by atomic mass is 32.2. The third-order valence-electron chi connectivity index (χ3n) is 8.72. The number of carbonyl (C=O) groups is 3. The Bertz CT molecular complexity index is 1830. The molecule has 0 unspecified atom stereocenters. The van der Waals surface area contributed by atoms with Crippen LogP contribution in [0.1, 0.15) is 60.1 Å². The van der Waals surface area contributed by atoms with Crippen molar-refractivity contribution in [3.8, 4) is 11.8 Å². The van der Waals surface area contributed by atoms with E-state index in [1.54, 1.807) is 39.0 Å². The number of Topliss-reactive ketones (excluding diaryl/α,β-unsaturated/α-hetero) is 1. The molecule has 0 radical (unpaired) electrons. The van der Waals surface area contributed by atoms with Gasteiger partial charge < -0.3 is 29.6 Å². The van der Waals surface area contributed by atoms with Gasteiger partial charge in [0.2, 0.25) is 5.60 Å². The molecule has 16 nitrogen and oxygen atoms in total. The number of carbonyl (C=O) groups excluding carboxylic acids is 3. The first-order chi connectivity index (χ1) is 25.1. The van der Waals surface area contributed by atoms with Crippen LogP contribution in [0.2, 0.25) is 0 Å². The highest BCUT2D eigenvalue weighted by molar-refractivity contribution is 8.00. The number of aliphatic hydroxyl groups excluding tert-OH is 1. The zero-order valence-electron chi connectivity index (χ0n) is 30.6. The van der Waals surface area contributed by atoms with Crippen LogP contribution in [0.3, 0.4) is 0 Å². The van der Waals surface area contributed by atoms with Gasteiger partial charge in [-0.25, -0.2) is 14.1 Å². The molecule has 3 aromatic rings. The number of nitrogens with zero attached hydrogens (tertiary/aromatic N) is 4. The Balaban J connectivity index is 1.62. The first kappa shape index (κ1) is 41.7. The summed E-state index contributed by atoms with van der Waals surface area (Å²) in [5.74, 6) is -1.42. The lowest BCUT2D eigenvalue weighted by Crippen LogP contribution is -2.43. The van der Waals surface area contributed by atoms with Gasteiger partial charge in [-0.05, 0) is 37.1 Å². The van der Waals surface area contributed by atoms with E-state index in [9.17, 15) is 29.3 Å². The molecule has 2 aromatic heterocycles. The Labute approximate surface area is 312 Å². The van der Waals surface area contributed by atoms with E-state index in [4.69, 9.17) is 29.0 Å². The van der Waals surface area contributed by atoms with Crippen molar-refractivity contribution in [1.82, 2.24) is 19.7 Å². The lowest BCUT2D eigenvalue weighted by Gasteiger charge is -2.26. The molecular weight excluding hydrogens is 727 g/mol. The highest BCUT2D eigenvalue weighted by Gasteiger charge is 2.60. The van der Waals surface area contributed by atoms with Gasteiger partial charge in [-0.15, -0.1) is 11.8 Å². The molecule has 1 aliphatic rings. The predicted octanol–water partition coefficient (Wildman–Crippen LogP) is 4.21. The van der Waals surface area contributed by atoms with Crippen LogP contribution in [0.25, 0.3) is 5.52 Å². The van der Waals surface area contributed by atoms with Crippen molar-refractivity contribution >= 4 is 48.6 Å². The summed E-state index contributed by atoms with van der Waals surface area (Å²) >= 11 is 1.03. The van der Waals surface area contributed by atoms with E-state index >= 15 is 0 Å². The molecule has 0 saturated carbocycles. The second-order valence-corrected chi connectivity index (χ2v) is 16.3. The molecule has 288 valence electrons. The van der Waals surface area contributed by atoms with E-state index < -0.39 is 61.7 Å². The summed E-state index contributed by atoms with van der Waals surface area (Å²) in [6, 6.07) is 11.9. The lowest BCUT2D eigenvalue weighted by atomic mass is 9.92. The number of nitrogens with two attached hydrogens (primary N) is 1. The number of para-hydroxylation sites is 1. The molecule has 4 rings (SSSR count). The van der Waals surface area contributed by atoms with Crippen LogP contribution in [-0.4, -0.2) is 86.5 Å². The Morgan fingerprint density at radius 3 is 2.51 bits per heavy atom. The maximum atomic E-state index is 14.3. The van der Waals surface area contributed by atoms with Crippen LogP contribution >= 0.6 is 19.5 Å². The monoisotopic (exact) mass is 774 g/mol. The minimum atomic E-state index is -4.47. The molecule has 53 heavy (non-hydrogen) atoms. The Morgan fingerprint density at radius 2 is 1.87 bits per heavy atom. The average Bonchev–Trinajstić information content (AvgIpc) is 3.67. The standard InChI is InChI=1S/C35H47N6O10PS/c1-7-23(8-2)16-47-33(45)22(3)40-52(46,51-24-12-10-9-11-13-24)48-17-26-30(49-29(43)19-53-18-28(42)34(4,5)6)31(44)35(20-36,50-26)27-15-14-25-32(37)38-21-39-41(25)27/h9-15,21-23,26,30-31,44H,7-8,16-19H2,1-6H3,(H,40,46)(H2,37,38,39)/t22-,26+,30+,31+,35-,52-/m0/s1. The van der Waals surface area contributed by atoms with Gasteiger partial charge in [0.1, 0.15) is 47.7 Å². The number of benzene rings is 1.